The van der Waals surface area contributed by atoms with Gasteiger partial charge in [-0.3, -0.25) is 0 Å². The fraction of sp³-hybridized carbons (Fsp3) is 0.298. The van der Waals surface area contributed by atoms with Crippen molar-refractivity contribution in [3.8, 4) is 22.3 Å². The Bertz CT molecular complexity index is 2880. The van der Waals surface area contributed by atoms with Gasteiger partial charge in [0.05, 0.1) is 5.60 Å². The number of para-hydroxylation sites is 2. The average Bonchev–Trinajstić information content (AvgIpc) is 3.96. The summed E-state index contributed by atoms with van der Waals surface area (Å²) in [6.45, 7) is 12.2. The SMILES string of the molecule is CC1=Cc2c(-c3ccc4c(c3)c3ccccc3n4C)cccc2C1S(C)(CCCCCCOC(C)(C)C)C1C(C)=Cc2c(-c3ccc4c(c3)c3ccccc3n4C)cccc21. The lowest BCUT2D eigenvalue weighted by Crippen LogP contribution is -2.21. The molecule has 0 fully saturated rings. The summed E-state index contributed by atoms with van der Waals surface area (Å²) in [6, 6.07) is 46.2. The van der Waals surface area contributed by atoms with E-state index in [-0.39, 0.29) is 5.60 Å². The van der Waals surface area contributed by atoms with Gasteiger partial charge in [0.15, 0.2) is 0 Å². The van der Waals surface area contributed by atoms with E-state index >= 15 is 0 Å². The van der Waals surface area contributed by atoms with Gasteiger partial charge in [-0.05, 0) is 140 Å². The molecular weight excluding hydrogens is 761 g/mol. The number of fused-ring (bicyclic) bond motifs is 8. The van der Waals surface area contributed by atoms with Gasteiger partial charge >= 0.3 is 0 Å². The Hall–Kier alpha value is -5.29. The number of nitrogens with zero attached hydrogens (tertiary/aromatic N) is 2. The number of unbranched alkanes of at least 4 members (excludes halogenated alkanes) is 3. The zero-order chi connectivity index (χ0) is 42.2. The van der Waals surface area contributed by atoms with Gasteiger partial charge in [0.1, 0.15) is 0 Å². The lowest BCUT2D eigenvalue weighted by atomic mass is 9.95. The van der Waals surface area contributed by atoms with Crippen LogP contribution in [0, 0.1) is 0 Å². The molecule has 2 unspecified atom stereocenters. The number of aryl methyl sites for hydroxylation is 2. The number of hydrogen-bond acceptors (Lipinski definition) is 1. The van der Waals surface area contributed by atoms with Crippen LogP contribution in [0.4, 0.5) is 0 Å². The third-order valence-electron chi connectivity index (χ3n) is 14.0. The van der Waals surface area contributed by atoms with Crippen LogP contribution in [0.15, 0.2) is 132 Å². The van der Waals surface area contributed by atoms with E-state index in [1.165, 1.54) is 124 Å². The van der Waals surface area contributed by atoms with Crippen molar-refractivity contribution in [1.29, 1.82) is 0 Å². The van der Waals surface area contributed by atoms with Crippen LogP contribution in [-0.4, -0.2) is 33.4 Å². The third kappa shape index (κ3) is 6.69. The summed E-state index contributed by atoms with van der Waals surface area (Å²) in [5.41, 5.74) is 19.2. The molecule has 4 heteroatoms. The minimum absolute atomic E-state index is 0.0822. The van der Waals surface area contributed by atoms with Crippen molar-refractivity contribution in [2.24, 2.45) is 14.1 Å². The van der Waals surface area contributed by atoms with Gasteiger partial charge in [-0.1, -0.05) is 121 Å². The number of rotatable bonds is 11. The standard InChI is InChI=1S/C57H60N2OS/c1-37-33-47-41(39-27-29-53-49(35-39)43-19-11-13-25-51(43)58(53)6)21-17-23-45(47)55(37)61(8,32-16-10-9-15-31-60-57(3,4)5)56-38(2)34-48-42(22-18-24-46(48)56)40-28-30-54-50(36-40)44-20-12-14-26-52(44)59(54)7/h11-14,17-30,33-36,55-56H,9-10,15-16,31-32H2,1-8H3. The molecule has 10 rings (SSSR count). The van der Waals surface area contributed by atoms with Gasteiger partial charge in [-0.15, -0.1) is 0 Å². The third-order valence-corrected chi connectivity index (χ3v) is 18.5. The van der Waals surface area contributed by atoms with Gasteiger partial charge in [0, 0.05) is 74.8 Å². The van der Waals surface area contributed by atoms with Crippen LogP contribution in [0.3, 0.4) is 0 Å². The summed E-state index contributed by atoms with van der Waals surface area (Å²) in [4.78, 5) is 0. The Labute approximate surface area is 364 Å². The lowest BCUT2D eigenvalue weighted by molar-refractivity contribution is -0.00471. The van der Waals surface area contributed by atoms with E-state index in [2.05, 4.69) is 198 Å². The number of aromatic nitrogens is 2. The first kappa shape index (κ1) is 39.8. The Morgan fingerprint density at radius 2 is 0.984 bits per heavy atom. The Morgan fingerprint density at radius 3 is 1.48 bits per heavy atom. The maximum Gasteiger partial charge on any atom is 0.0598 e. The molecule has 0 amide bonds. The van der Waals surface area contributed by atoms with Crippen molar-refractivity contribution >= 4 is 65.8 Å². The molecule has 2 aliphatic carbocycles. The molecule has 0 saturated heterocycles. The summed E-state index contributed by atoms with van der Waals surface area (Å²) in [5.74, 6) is 1.23. The van der Waals surface area contributed by atoms with Crippen molar-refractivity contribution in [2.75, 3.05) is 18.6 Å². The fourth-order valence-electron chi connectivity index (χ4n) is 11.3. The molecule has 3 nitrogen and oxygen atoms in total. The van der Waals surface area contributed by atoms with Crippen molar-refractivity contribution in [3.63, 3.8) is 0 Å². The Balaban J connectivity index is 1.05. The molecule has 0 bridgehead atoms. The highest BCUT2D eigenvalue weighted by Crippen LogP contribution is 2.75. The second-order valence-corrected chi connectivity index (χ2v) is 22.9. The lowest BCUT2D eigenvalue weighted by Gasteiger charge is -2.49. The van der Waals surface area contributed by atoms with Gasteiger partial charge in [-0.25, -0.2) is 10.0 Å². The average molecular weight is 821 g/mol. The molecule has 2 aliphatic rings. The second kappa shape index (κ2) is 15.3. The Kier molecular flexibility index (Phi) is 9.96. The fourth-order valence-corrected chi connectivity index (χ4v) is 16.2. The number of benzene rings is 6. The highest BCUT2D eigenvalue weighted by Gasteiger charge is 2.45. The molecule has 2 heterocycles. The van der Waals surface area contributed by atoms with E-state index in [1.807, 2.05) is 0 Å². The van der Waals surface area contributed by atoms with Crippen LogP contribution in [0.5, 0.6) is 0 Å². The molecule has 0 spiro atoms. The molecule has 61 heavy (non-hydrogen) atoms. The van der Waals surface area contributed by atoms with Crippen LogP contribution in [-0.2, 0) is 18.8 Å². The molecule has 0 aliphatic heterocycles. The maximum absolute atomic E-state index is 6.12. The first-order valence-corrected chi connectivity index (χ1v) is 24.7. The maximum atomic E-state index is 6.12. The second-order valence-electron chi connectivity index (χ2n) is 19.1. The zero-order valence-corrected chi connectivity index (χ0v) is 38.1. The molecule has 6 aromatic carbocycles. The van der Waals surface area contributed by atoms with Crippen LogP contribution in [0.1, 0.15) is 93.1 Å². The molecule has 0 saturated carbocycles. The first-order chi connectivity index (χ1) is 29.4. The van der Waals surface area contributed by atoms with Crippen molar-refractivity contribution in [2.45, 2.75) is 76.4 Å². The largest absolute Gasteiger partial charge is 0.376 e. The topological polar surface area (TPSA) is 19.1 Å². The van der Waals surface area contributed by atoms with Crippen molar-refractivity contribution in [1.82, 2.24) is 9.13 Å². The summed E-state index contributed by atoms with van der Waals surface area (Å²) in [6.07, 6.45) is 12.6. The summed E-state index contributed by atoms with van der Waals surface area (Å²) < 4.78 is 10.8. The quantitative estimate of drug-likeness (QED) is 0.119. The Morgan fingerprint density at radius 1 is 0.525 bits per heavy atom. The number of hydrogen-bond donors (Lipinski definition) is 0. The minimum atomic E-state index is -1.33. The smallest absolute Gasteiger partial charge is 0.0598 e. The molecule has 8 aromatic rings. The molecular formula is C57H60N2OS. The predicted octanol–water partition coefficient (Wildman–Crippen LogP) is 15.7. The summed E-state index contributed by atoms with van der Waals surface area (Å²) >= 11 is 0. The predicted molar refractivity (Wildman–Crippen MR) is 267 cm³/mol. The van der Waals surface area contributed by atoms with Gasteiger partial charge in [0.2, 0.25) is 0 Å². The van der Waals surface area contributed by atoms with E-state index in [4.69, 9.17) is 4.74 Å². The van der Waals surface area contributed by atoms with Crippen LogP contribution in [0.2, 0.25) is 0 Å². The summed E-state index contributed by atoms with van der Waals surface area (Å²) in [7, 11) is 3.05. The molecule has 310 valence electrons. The van der Waals surface area contributed by atoms with Gasteiger partial charge < -0.3 is 13.9 Å². The van der Waals surface area contributed by atoms with Crippen LogP contribution < -0.4 is 0 Å². The highest BCUT2D eigenvalue weighted by molar-refractivity contribution is 8.33. The van der Waals surface area contributed by atoms with E-state index in [1.54, 1.807) is 0 Å². The molecule has 2 aromatic heterocycles. The van der Waals surface area contributed by atoms with E-state index in [0.717, 1.165) is 13.0 Å². The minimum Gasteiger partial charge on any atom is -0.376 e. The van der Waals surface area contributed by atoms with E-state index in [0.29, 0.717) is 10.5 Å². The van der Waals surface area contributed by atoms with Crippen LogP contribution >= 0.6 is 10.0 Å². The number of ether oxygens (including phenoxy) is 1. The van der Waals surface area contributed by atoms with E-state index < -0.39 is 10.0 Å². The van der Waals surface area contributed by atoms with Gasteiger partial charge in [-0.2, -0.15) is 0 Å². The van der Waals surface area contributed by atoms with E-state index in [9.17, 15) is 0 Å². The molecule has 0 radical (unpaired) electrons. The van der Waals surface area contributed by atoms with Gasteiger partial charge in [0.25, 0.3) is 0 Å². The highest BCUT2D eigenvalue weighted by atomic mass is 32.3. The van der Waals surface area contributed by atoms with Crippen molar-refractivity contribution in [3.05, 3.63) is 155 Å². The normalized spacial score (nSPS) is 17.8. The molecule has 0 N–H and O–H groups in total. The summed E-state index contributed by atoms with van der Waals surface area (Å²) in [5, 5.41) is 6.04. The van der Waals surface area contributed by atoms with Crippen LogP contribution in [0.25, 0.3) is 78.0 Å². The van der Waals surface area contributed by atoms with Crippen molar-refractivity contribution < 1.29 is 4.74 Å². The zero-order valence-electron chi connectivity index (χ0n) is 37.3. The monoisotopic (exact) mass is 820 g/mol. The molecule has 2 atom stereocenters. The first-order valence-electron chi connectivity index (χ1n) is 22.4.